The van der Waals surface area contributed by atoms with Crippen LogP contribution in [0.4, 0.5) is 5.82 Å². The van der Waals surface area contributed by atoms with Gasteiger partial charge in [0.25, 0.3) is 0 Å². The van der Waals surface area contributed by atoms with Gasteiger partial charge in [-0.05, 0) is 12.3 Å². The van der Waals surface area contributed by atoms with Gasteiger partial charge in [-0.25, -0.2) is 4.79 Å². The van der Waals surface area contributed by atoms with E-state index in [-0.39, 0.29) is 0 Å². The van der Waals surface area contributed by atoms with E-state index in [0.29, 0.717) is 24.0 Å². The highest BCUT2D eigenvalue weighted by Crippen LogP contribution is 2.08. The number of esters is 1. The molecule has 0 spiro atoms. The maximum Gasteiger partial charge on any atom is 0.356 e. The van der Waals surface area contributed by atoms with Crippen LogP contribution >= 0.6 is 0 Å². The summed E-state index contributed by atoms with van der Waals surface area (Å²) in [6.45, 7) is 4.59. The number of nitrogens with zero attached hydrogens (tertiary/aromatic N) is 1. The van der Waals surface area contributed by atoms with Gasteiger partial charge in [-0.15, -0.1) is 0 Å². The SMILES string of the molecule is CCCC(C)COC(=O)c1cc(N)n[nH]1. The number of nitrogens with two attached hydrogens (primary N) is 1. The molecule has 0 aliphatic rings. The van der Waals surface area contributed by atoms with Crippen molar-refractivity contribution in [3.8, 4) is 0 Å². The number of rotatable bonds is 5. The predicted molar refractivity (Wildman–Crippen MR) is 57.4 cm³/mol. The molecule has 15 heavy (non-hydrogen) atoms. The summed E-state index contributed by atoms with van der Waals surface area (Å²) in [7, 11) is 0. The van der Waals surface area contributed by atoms with Crippen LogP contribution in [0.2, 0.25) is 0 Å². The summed E-state index contributed by atoms with van der Waals surface area (Å²) in [6.07, 6.45) is 2.15. The molecule has 1 atom stereocenters. The third-order valence-corrected chi connectivity index (χ3v) is 2.10. The van der Waals surface area contributed by atoms with E-state index in [1.165, 1.54) is 6.07 Å². The first kappa shape index (κ1) is 11.6. The number of nitrogens with one attached hydrogen (secondary N) is 1. The number of hydrogen-bond donors (Lipinski definition) is 2. The van der Waals surface area contributed by atoms with Crippen molar-refractivity contribution >= 4 is 11.8 Å². The standard InChI is InChI=1S/C10H17N3O2/c1-3-4-7(2)6-15-10(14)8-5-9(11)13-12-8/h5,7H,3-4,6H2,1-2H3,(H3,11,12,13). The van der Waals surface area contributed by atoms with Crippen molar-refractivity contribution in [3.05, 3.63) is 11.8 Å². The Hall–Kier alpha value is -1.52. The largest absolute Gasteiger partial charge is 0.461 e. The van der Waals surface area contributed by atoms with Crippen molar-refractivity contribution in [1.82, 2.24) is 10.2 Å². The van der Waals surface area contributed by atoms with Crippen LogP contribution in [-0.4, -0.2) is 22.8 Å². The molecule has 0 amide bonds. The Kier molecular flexibility index (Phi) is 4.15. The third-order valence-electron chi connectivity index (χ3n) is 2.10. The van der Waals surface area contributed by atoms with Crippen molar-refractivity contribution in [2.24, 2.45) is 5.92 Å². The summed E-state index contributed by atoms with van der Waals surface area (Å²) in [5, 5.41) is 6.16. The molecule has 0 fully saturated rings. The van der Waals surface area contributed by atoms with Crippen molar-refractivity contribution in [2.75, 3.05) is 12.3 Å². The van der Waals surface area contributed by atoms with Gasteiger partial charge in [0.15, 0.2) is 0 Å². The molecule has 84 valence electrons. The molecular weight excluding hydrogens is 194 g/mol. The quantitative estimate of drug-likeness (QED) is 0.724. The summed E-state index contributed by atoms with van der Waals surface area (Å²) >= 11 is 0. The smallest absolute Gasteiger partial charge is 0.356 e. The van der Waals surface area contributed by atoms with Crippen LogP contribution in [-0.2, 0) is 4.74 Å². The lowest BCUT2D eigenvalue weighted by atomic mass is 10.1. The van der Waals surface area contributed by atoms with Gasteiger partial charge in [0.1, 0.15) is 11.5 Å². The number of carbonyl (C=O) groups is 1. The van der Waals surface area contributed by atoms with Gasteiger partial charge < -0.3 is 10.5 Å². The summed E-state index contributed by atoms with van der Waals surface area (Å²) in [5.41, 5.74) is 5.67. The monoisotopic (exact) mass is 211 g/mol. The van der Waals surface area contributed by atoms with Crippen molar-refractivity contribution in [2.45, 2.75) is 26.7 Å². The lowest BCUT2D eigenvalue weighted by Crippen LogP contribution is -2.12. The van der Waals surface area contributed by atoms with Gasteiger partial charge in [0.2, 0.25) is 0 Å². The summed E-state index contributed by atoms with van der Waals surface area (Å²) in [6, 6.07) is 1.47. The highest BCUT2D eigenvalue weighted by Gasteiger charge is 2.11. The first-order valence-electron chi connectivity index (χ1n) is 5.11. The van der Waals surface area contributed by atoms with Crippen LogP contribution in [0.3, 0.4) is 0 Å². The molecule has 0 radical (unpaired) electrons. The van der Waals surface area contributed by atoms with E-state index in [1.54, 1.807) is 0 Å². The summed E-state index contributed by atoms with van der Waals surface area (Å²) in [4.78, 5) is 11.4. The van der Waals surface area contributed by atoms with Crippen LogP contribution in [0.15, 0.2) is 6.07 Å². The van der Waals surface area contributed by atoms with Gasteiger partial charge >= 0.3 is 5.97 Å². The molecule has 1 unspecified atom stereocenters. The Balaban J connectivity index is 2.36. The minimum Gasteiger partial charge on any atom is -0.461 e. The Bertz CT molecular complexity index is 322. The number of aromatic amines is 1. The minimum atomic E-state index is -0.401. The number of ether oxygens (including phenoxy) is 1. The van der Waals surface area contributed by atoms with Crippen molar-refractivity contribution < 1.29 is 9.53 Å². The molecule has 1 rings (SSSR count). The number of anilines is 1. The molecule has 3 N–H and O–H groups in total. The lowest BCUT2D eigenvalue weighted by Gasteiger charge is -2.09. The van der Waals surface area contributed by atoms with Crippen LogP contribution in [0.5, 0.6) is 0 Å². The number of nitrogen functional groups attached to an aromatic ring is 1. The predicted octanol–water partition coefficient (Wildman–Crippen LogP) is 1.58. The fourth-order valence-electron chi connectivity index (χ4n) is 1.31. The van der Waals surface area contributed by atoms with E-state index >= 15 is 0 Å². The van der Waals surface area contributed by atoms with E-state index in [0.717, 1.165) is 12.8 Å². The zero-order valence-electron chi connectivity index (χ0n) is 9.12. The zero-order valence-corrected chi connectivity index (χ0v) is 9.12. The number of hydrogen-bond acceptors (Lipinski definition) is 4. The van der Waals surface area contributed by atoms with Gasteiger partial charge in [-0.1, -0.05) is 20.3 Å². The number of carbonyl (C=O) groups excluding carboxylic acids is 1. The second-order valence-electron chi connectivity index (χ2n) is 3.70. The summed E-state index contributed by atoms with van der Waals surface area (Å²) < 4.78 is 5.09. The second kappa shape index (κ2) is 5.38. The molecule has 0 aliphatic carbocycles. The molecule has 0 saturated heterocycles. The average Bonchev–Trinajstić information content (AvgIpc) is 2.62. The van der Waals surface area contributed by atoms with Crippen molar-refractivity contribution in [1.29, 1.82) is 0 Å². The van der Waals surface area contributed by atoms with E-state index in [1.807, 2.05) is 0 Å². The van der Waals surface area contributed by atoms with Gasteiger partial charge in [0.05, 0.1) is 6.61 Å². The van der Waals surface area contributed by atoms with E-state index in [2.05, 4.69) is 24.0 Å². The van der Waals surface area contributed by atoms with Crippen LogP contribution in [0.25, 0.3) is 0 Å². The fraction of sp³-hybridized carbons (Fsp3) is 0.600. The van der Waals surface area contributed by atoms with Crippen LogP contribution in [0, 0.1) is 5.92 Å². The molecule has 1 heterocycles. The molecule has 5 heteroatoms. The molecule has 1 aromatic rings. The van der Waals surface area contributed by atoms with Gasteiger partial charge in [-0.2, -0.15) is 5.10 Å². The Labute approximate surface area is 89.0 Å². The molecular formula is C10H17N3O2. The Morgan fingerprint density at radius 1 is 1.73 bits per heavy atom. The van der Waals surface area contributed by atoms with E-state index in [4.69, 9.17) is 10.5 Å². The highest BCUT2D eigenvalue weighted by atomic mass is 16.5. The normalized spacial score (nSPS) is 12.4. The topological polar surface area (TPSA) is 81.0 Å². The Morgan fingerprint density at radius 2 is 2.47 bits per heavy atom. The maximum absolute atomic E-state index is 11.4. The van der Waals surface area contributed by atoms with Gasteiger partial charge in [0, 0.05) is 6.07 Å². The molecule has 5 nitrogen and oxygen atoms in total. The minimum absolute atomic E-state index is 0.295. The summed E-state index contributed by atoms with van der Waals surface area (Å²) in [5.74, 6) is 0.282. The average molecular weight is 211 g/mol. The molecule has 0 aromatic carbocycles. The maximum atomic E-state index is 11.4. The van der Waals surface area contributed by atoms with Crippen LogP contribution < -0.4 is 5.73 Å². The van der Waals surface area contributed by atoms with E-state index in [9.17, 15) is 4.79 Å². The Morgan fingerprint density at radius 3 is 3.00 bits per heavy atom. The lowest BCUT2D eigenvalue weighted by molar-refractivity contribution is 0.0436. The third kappa shape index (κ3) is 3.61. The molecule has 0 saturated carbocycles. The molecule has 0 bridgehead atoms. The first-order chi connectivity index (χ1) is 7.13. The second-order valence-corrected chi connectivity index (χ2v) is 3.70. The zero-order chi connectivity index (χ0) is 11.3. The highest BCUT2D eigenvalue weighted by molar-refractivity contribution is 5.87. The van der Waals surface area contributed by atoms with Crippen LogP contribution in [0.1, 0.15) is 37.2 Å². The van der Waals surface area contributed by atoms with Crippen molar-refractivity contribution in [3.63, 3.8) is 0 Å². The fourth-order valence-corrected chi connectivity index (χ4v) is 1.31. The van der Waals surface area contributed by atoms with Gasteiger partial charge in [-0.3, -0.25) is 5.10 Å². The molecule has 1 aromatic heterocycles. The number of aromatic nitrogens is 2. The molecule has 0 aliphatic heterocycles. The first-order valence-corrected chi connectivity index (χ1v) is 5.11. The number of H-pyrrole nitrogens is 1. The van der Waals surface area contributed by atoms with E-state index < -0.39 is 5.97 Å².